The van der Waals surface area contributed by atoms with Crippen LogP contribution in [0.5, 0.6) is 0 Å². The number of hydrazone groups is 1. The average molecular weight is 466 g/mol. The molecule has 0 spiro atoms. The molecule has 170 valence electrons. The Balaban J connectivity index is 1.22. The molecule has 0 unspecified atom stereocenters. The lowest BCUT2D eigenvalue weighted by molar-refractivity contribution is 0.0950. The number of piperidine rings is 1. The molecule has 0 atom stereocenters. The van der Waals surface area contributed by atoms with Gasteiger partial charge in [-0.15, -0.1) is 0 Å². The van der Waals surface area contributed by atoms with Crippen LogP contribution in [0, 0.1) is 11.7 Å². The molecule has 8 heteroatoms. The van der Waals surface area contributed by atoms with E-state index < -0.39 is 0 Å². The number of hydrogen-bond donors (Lipinski definition) is 2. The topological polar surface area (TPSA) is 69.6 Å². The minimum Gasteiger partial charge on any atom is -0.354 e. The first-order valence-electron chi connectivity index (χ1n) is 10.8. The standard InChI is InChI=1S/C25H25ClFN5O/c26-23-7-2-1-4-19(23)17-32-12-10-18(11-13-32)15-29-31-25(33)24-9-8-22(16-28-24)30-21-6-3-5-20(27)14-21/h1-9,14-16,18,30H,10-13,17H2,(H,31,33)/b29-15+. The molecule has 4 rings (SSSR count). The lowest BCUT2D eigenvalue weighted by Gasteiger charge is -2.30. The number of anilines is 2. The monoisotopic (exact) mass is 465 g/mol. The van der Waals surface area contributed by atoms with Gasteiger partial charge in [-0.1, -0.05) is 35.9 Å². The zero-order valence-electron chi connectivity index (χ0n) is 18.0. The summed E-state index contributed by atoms with van der Waals surface area (Å²) in [7, 11) is 0. The fourth-order valence-corrected chi connectivity index (χ4v) is 3.92. The van der Waals surface area contributed by atoms with Crippen LogP contribution in [0.25, 0.3) is 0 Å². The van der Waals surface area contributed by atoms with E-state index in [0.29, 0.717) is 17.3 Å². The Labute approximate surface area is 197 Å². The van der Waals surface area contributed by atoms with Gasteiger partial charge in [0.25, 0.3) is 5.91 Å². The maximum absolute atomic E-state index is 13.3. The molecular formula is C25H25ClFN5O. The van der Waals surface area contributed by atoms with Crippen molar-refractivity contribution in [2.24, 2.45) is 11.0 Å². The summed E-state index contributed by atoms with van der Waals surface area (Å²) in [6, 6.07) is 17.4. The number of likely N-dealkylation sites (tertiary alicyclic amines) is 1. The predicted octanol–water partition coefficient (Wildman–Crippen LogP) is 5.25. The van der Waals surface area contributed by atoms with Crippen molar-refractivity contribution in [2.75, 3.05) is 18.4 Å². The molecule has 0 radical (unpaired) electrons. The van der Waals surface area contributed by atoms with Gasteiger partial charge in [-0.2, -0.15) is 5.10 Å². The number of carbonyl (C=O) groups is 1. The van der Waals surface area contributed by atoms with Gasteiger partial charge in [0.1, 0.15) is 11.5 Å². The summed E-state index contributed by atoms with van der Waals surface area (Å²) in [5.74, 6) is -0.383. The van der Waals surface area contributed by atoms with Crippen molar-refractivity contribution < 1.29 is 9.18 Å². The minimum absolute atomic E-state index is 0.256. The highest BCUT2D eigenvalue weighted by Crippen LogP contribution is 2.21. The Hall–Kier alpha value is -3.29. The zero-order chi connectivity index (χ0) is 23.0. The van der Waals surface area contributed by atoms with Gasteiger partial charge in [-0.05, 0) is 73.8 Å². The Bertz CT molecular complexity index is 1110. The zero-order valence-corrected chi connectivity index (χ0v) is 18.8. The van der Waals surface area contributed by atoms with Crippen molar-refractivity contribution in [1.29, 1.82) is 0 Å². The van der Waals surface area contributed by atoms with Gasteiger partial charge in [-0.25, -0.2) is 14.8 Å². The molecule has 0 saturated carbocycles. The SMILES string of the molecule is O=C(N/N=C/C1CCN(Cc2ccccc2Cl)CC1)c1ccc(Nc2cccc(F)c2)cn1. The molecule has 6 nitrogen and oxygen atoms in total. The predicted molar refractivity (Wildman–Crippen MR) is 129 cm³/mol. The fraction of sp³-hybridized carbons (Fsp3) is 0.240. The number of pyridine rings is 1. The Morgan fingerprint density at radius 2 is 1.94 bits per heavy atom. The Morgan fingerprint density at radius 3 is 2.67 bits per heavy atom. The number of carbonyl (C=O) groups excluding carboxylic acids is 1. The highest BCUT2D eigenvalue weighted by atomic mass is 35.5. The number of halogens is 2. The lowest BCUT2D eigenvalue weighted by Crippen LogP contribution is -2.34. The molecule has 1 saturated heterocycles. The van der Waals surface area contributed by atoms with Crippen LogP contribution in [0.1, 0.15) is 28.9 Å². The van der Waals surface area contributed by atoms with E-state index in [1.165, 1.54) is 18.3 Å². The van der Waals surface area contributed by atoms with Crippen LogP contribution in [0.2, 0.25) is 5.02 Å². The van der Waals surface area contributed by atoms with Crippen LogP contribution in [-0.2, 0) is 6.54 Å². The number of benzene rings is 2. The van der Waals surface area contributed by atoms with E-state index in [9.17, 15) is 9.18 Å². The van der Waals surface area contributed by atoms with E-state index in [0.717, 1.165) is 43.1 Å². The molecule has 2 heterocycles. The van der Waals surface area contributed by atoms with Crippen LogP contribution < -0.4 is 10.7 Å². The molecule has 0 bridgehead atoms. The summed E-state index contributed by atoms with van der Waals surface area (Å²) in [5, 5.41) is 7.98. The molecule has 1 aromatic heterocycles. The van der Waals surface area contributed by atoms with E-state index in [1.807, 2.05) is 24.4 Å². The summed E-state index contributed by atoms with van der Waals surface area (Å²) < 4.78 is 13.3. The molecule has 1 amide bonds. The number of hydrogen-bond acceptors (Lipinski definition) is 5. The Morgan fingerprint density at radius 1 is 1.12 bits per heavy atom. The fourth-order valence-electron chi connectivity index (χ4n) is 3.72. The molecule has 1 aliphatic heterocycles. The molecule has 2 aromatic carbocycles. The van der Waals surface area contributed by atoms with Crippen molar-refractivity contribution >= 4 is 35.1 Å². The summed E-state index contributed by atoms with van der Waals surface area (Å²) in [6.45, 7) is 2.75. The molecule has 2 N–H and O–H groups in total. The van der Waals surface area contributed by atoms with Gasteiger partial charge in [0, 0.05) is 23.5 Å². The van der Waals surface area contributed by atoms with Crippen LogP contribution in [0.3, 0.4) is 0 Å². The molecule has 3 aromatic rings. The van der Waals surface area contributed by atoms with E-state index in [1.54, 1.807) is 24.3 Å². The van der Waals surface area contributed by atoms with Crippen LogP contribution >= 0.6 is 11.6 Å². The van der Waals surface area contributed by atoms with E-state index in [4.69, 9.17) is 11.6 Å². The maximum Gasteiger partial charge on any atom is 0.289 e. The lowest BCUT2D eigenvalue weighted by atomic mass is 9.98. The molecule has 1 fully saturated rings. The highest BCUT2D eigenvalue weighted by molar-refractivity contribution is 6.31. The average Bonchev–Trinajstić information content (AvgIpc) is 2.82. The van der Waals surface area contributed by atoms with Crippen molar-refractivity contribution in [2.45, 2.75) is 19.4 Å². The van der Waals surface area contributed by atoms with Crippen molar-refractivity contribution in [3.63, 3.8) is 0 Å². The number of amides is 1. The van der Waals surface area contributed by atoms with Crippen LogP contribution in [-0.4, -0.2) is 35.1 Å². The second-order valence-corrected chi connectivity index (χ2v) is 8.40. The summed E-state index contributed by atoms with van der Waals surface area (Å²) in [6.07, 6.45) is 5.29. The van der Waals surface area contributed by atoms with Crippen molar-refractivity contribution in [1.82, 2.24) is 15.3 Å². The number of rotatable bonds is 7. The van der Waals surface area contributed by atoms with Gasteiger partial charge in [0.05, 0.1) is 11.9 Å². The number of aromatic nitrogens is 1. The molecule has 0 aliphatic carbocycles. The van der Waals surface area contributed by atoms with Gasteiger partial charge in [0.2, 0.25) is 0 Å². The first kappa shape index (κ1) is 22.9. The van der Waals surface area contributed by atoms with Gasteiger partial charge in [-0.3, -0.25) is 9.69 Å². The number of nitrogens with zero attached hydrogens (tertiary/aromatic N) is 3. The number of nitrogens with one attached hydrogen (secondary N) is 2. The smallest absolute Gasteiger partial charge is 0.289 e. The largest absolute Gasteiger partial charge is 0.354 e. The second kappa shape index (κ2) is 11.0. The van der Waals surface area contributed by atoms with Gasteiger partial charge < -0.3 is 5.32 Å². The molecule has 1 aliphatic rings. The van der Waals surface area contributed by atoms with E-state index in [2.05, 4.69) is 31.8 Å². The van der Waals surface area contributed by atoms with Crippen molar-refractivity contribution in [3.05, 3.63) is 89.0 Å². The summed E-state index contributed by atoms with van der Waals surface area (Å²) in [5.41, 5.74) is 5.21. The molecule has 33 heavy (non-hydrogen) atoms. The maximum atomic E-state index is 13.3. The second-order valence-electron chi connectivity index (χ2n) is 7.99. The summed E-state index contributed by atoms with van der Waals surface area (Å²) in [4.78, 5) is 18.9. The van der Waals surface area contributed by atoms with Crippen LogP contribution in [0.4, 0.5) is 15.8 Å². The van der Waals surface area contributed by atoms with Crippen LogP contribution in [0.15, 0.2) is 72.0 Å². The first-order chi connectivity index (χ1) is 16.1. The van der Waals surface area contributed by atoms with Gasteiger partial charge in [0.15, 0.2) is 0 Å². The quantitative estimate of drug-likeness (QED) is 0.369. The van der Waals surface area contributed by atoms with E-state index >= 15 is 0 Å². The highest BCUT2D eigenvalue weighted by Gasteiger charge is 2.18. The first-order valence-corrected chi connectivity index (χ1v) is 11.2. The van der Waals surface area contributed by atoms with Crippen molar-refractivity contribution in [3.8, 4) is 0 Å². The Kier molecular flexibility index (Phi) is 7.65. The third-order valence-corrected chi connectivity index (χ3v) is 5.91. The normalized spacial score (nSPS) is 15.0. The summed E-state index contributed by atoms with van der Waals surface area (Å²) >= 11 is 6.26. The van der Waals surface area contributed by atoms with E-state index in [-0.39, 0.29) is 17.4 Å². The third-order valence-electron chi connectivity index (χ3n) is 5.54. The van der Waals surface area contributed by atoms with Gasteiger partial charge >= 0.3 is 0 Å². The minimum atomic E-state index is -0.375. The third kappa shape index (κ3) is 6.60. The molecular weight excluding hydrogens is 441 g/mol.